The maximum Gasteiger partial charge on any atom is 0.446 e. The van der Waals surface area contributed by atoms with Crippen molar-refractivity contribution in [2.24, 2.45) is 0 Å². The Morgan fingerprint density at radius 3 is 2.32 bits per heavy atom. The number of thioether (sulfide) groups is 1. The number of carbonyl (C=O) groups excluding carboxylic acids is 2. The third kappa shape index (κ3) is 5.64. The van der Waals surface area contributed by atoms with Crippen molar-refractivity contribution in [3.8, 4) is 0 Å². The van der Waals surface area contributed by atoms with Crippen LogP contribution < -0.4 is 5.32 Å². The number of halogens is 3. The second kappa shape index (κ2) is 6.46. The molecule has 0 unspecified atom stereocenters. The third-order valence-corrected chi connectivity index (χ3v) is 2.71. The minimum Gasteiger partial charge on any atom is -0.468 e. The average Bonchev–Trinajstić information content (AvgIpc) is 2.34. The predicted molar refractivity (Wildman–Crippen MR) is 62.7 cm³/mol. The maximum atomic E-state index is 12.1. The number of hydrogen-bond donors (Lipinski definition) is 1. The summed E-state index contributed by atoms with van der Waals surface area (Å²) < 4.78 is 40.6. The van der Waals surface area contributed by atoms with Gasteiger partial charge < -0.3 is 10.1 Å². The fourth-order valence-electron chi connectivity index (χ4n) is 1.13. The molecule has 0 aliphatic carbocycles. The Balaban J connectivity index is 2.61. The van der Waals surface area contributed by atoms with Gasteiger partial charge in [0.05, 0.1) is 7.11 Å². The average molecular weight is 293 g/mol. The molecule has 0 aliphatic rings. The van der Waals surface area contributed by atoms with Crippen LogP contribution in [0.4, 0.5) is 13.2 Å². The first-order valence-electron chi connectivity index (χ1n) is 5.02. The van der Waals surface area contributed by atoms with Gasteiger partial charge in [-0.05, 0) is 36.0 Å². The summed E-state index contributed by atoms with van der Waals surface area (Å²) in [7, 11) is 1.18. The van der Waals surface area contributed by atoms with Crippen LogP contribution in [0.3, 0.4) is 0 Å². The molecular weight excluding hydrogens is 283 g/mol. The molecule has 1 aromatic rings. The fourth-order valence-corrected chi connectivity index (χ4v) is 1.67. The molecule has 1 amide bonds. The summed E-state index contributed by atoms with van der Waals surface area (Å²) in [6.07, 6.45) is 0. The number of rotatable bonds is 4. The molecule has 0 saturated heterocycles. The number of benzene rings is 1. The summed E-state index contributed by atoms with van der Waals surface area (Å²) in [5.41, 5.74) is -4.20. The van der Waals surface area contributed by atoms with E-state index in [0.29, 0.717) is 0 Å². The molecule has 104 valence electrons. The molecule has 0 radical (unpaired) electrons. The van der Waals surface area contributed by atoms with E-state index in [2.05, 4.69) is 10.1 Å². The second-order valence-corrected chi connectivity index (χ2v) is 4.47. The molecule has 0 spiro atoms. The highest BCUT2D eigenvalue weighted by atomic mass is 32.2. The first-order chi connectivity index (χ1) is 8.81. The zero-order chi connectivity index (χ0) is 14.5. The summed E-state index contributed by atoms with van der Waals surface area (Å²) in [6.45, 7) is -0.297. The highest BCUT2D eigenvalue weighted by Crippen LogP contribution is 2.36. The standard InChI is InChI=1S/C11H10F3NO3S/c1-18-9(16)6-15-10(17)7-2-4-8(5-3-7)19-11(12,13)14/h2-5H,6H2,1H3,(H,15,17). The molecule has 1 N–H and O–H groups in total. The topological polar surface area (TPSA) is 55.4 Å². The minimum atomic E-state index is -4.37. The Labute approximate surface area is 111 Å². The summed E-state index contributed by atoms with van der Waals surface area (Å²) in [5, 5.41) is 2.27. The summed E-state index contributed by atoms with van der Waals surface area (Å²) in [4.78, 5) is 22.3. The highest BCUT2D eigenvalue weighted by Gasteiger charge is 2.29. The molecule has 8 heteroatoms. The summed E-state index contributed by atoms with van der Waals surface area (Å²) in [5.74, 6) is -1.17. The van der Waals surface area contributed by atoms with E-state index in [0.717, 1.165) is 0 Å². The Hall–Kier alpha value is -1.70. The van der Waals surface area contributed by atoms with Gasteiger partial charge in [-0.25, -0.2) is 0 Å². The smallest absolute Gasteiger partial charge is 0.446 e. The van der Waals surface area contributed by atoms with Crippen molar-refractivity contribution in [3.05, 3.63) is 29.8 Å². The Morgan fingerprint density at radius 1 is 1.26 bits per heavy atom. The Kier molecular flexibility index (Phi) is 5.22. The van der Waals surface area contributed by atoms with Crippen LogP contribution in [-0.4, -0.2) is 31.0 Å². The van der Waals surface area contributed by atoms with Gasteiger partial charge in [-0.3, -0.25) is 9.59 Å². The van der Waals surface area contributed by atoms with Crippen LogP contribution in [0.15, 0.2) is 29.2 Å². The first-order valence-corrected chi connectivity index (χ1v) is 5.84. The van der Waals surface area contributed by atoms with E-state index >= 15 is 0 Å². The van der Waals surface area contributed by atoms with E-state index in [1.807, 2.05) is 0 Å². The van der Waals surface area contributed by atoms with Gasteiger partial charge in [0.25, 0.3) is 5.91 Å². The van der Waals surface area contributed by atoms with Crippen molar-refractivity contribution in [1.82, 2.24) is 5.32 Å². The number of esters is 1. The molecule has 1 rings (SSSR count). The lowest BCUT2D eigenvalue weighted by atomic mass is 10.2. The summed E-state index contributed by atoms with van der Waals surface area (Å²) in [6, 6.07) is 4.87. The number of nitrogens with one attached hydrogen (secondary N) is 1. The quantitative estimate of drug-likeness (QED) is 0.683. The molecule has 0 aliphatic heterocycles. The van der Waals surface area contributed by atoms with Crippen molar-refractivity contribution in [2.45, 2.75) is 10.4 Å². The normalized spacial score (nSPS) is 10.9. The molecule has 4 nitrogen and oxygen atoms in total. The zero-order valence-electron chi connectivity index (χ0n) is 9.78. The molecule has 0 fully saturated rings. The van der Waals surface area contributed by atoms with Crippen LogP contribution >= 0.6 is 11.8 Å². The lowest BCUT2D eigenvalue weighted by molar-refractivity contribution is -0.139. The molecular formula is C11H10F3NO3S. The molecule has 19 heavy (non-hydrogen) atoms. The highest BCUT2D eigenvalue weighted by molar-refractivity contribution is 8.00. The monoisotopic (exact) mass is 293 g/mol. The summed E-state index contributed by atoms with van der Waals surface area (Å²) >= 11 is -0.263. The van der Waals surface area contributed by atoms with Gasteiger partial charge in [-0.1, -0.05) is 0 Å². The third-order valence-electron chi connectivity index (χ3n) is 1.97. The van der Waals surface area contributed by atoms with Crippen LogP contribution in [0.1, 0.15) is 10.4 Å². The molecule has 1 aromatic carbocycles. The minimum absolute atomic E-state index is 0.0167. The van der Waals surface area contributed by atoms with Crippen LogP contribution in [0, 0.1) is 0 Å². The van der Waals surface area contributed by atoms with Gasteiger partial charge in [0, 0.05) is 10.5 Å². The van der Waals surface area contributed by atoms with Crippen LogP contribution in [0.5, 0.6) is 0 Å². The lowest BCUT2D eigenvalue weighted by Gasteiger charge is -2.07. The number of carbonyl (C=O) groups is 2. The number of alkyl halides is 3. The van der Waals surface area contributed by atoms with Crippen molar-refractivity contribution < 1.29 is 27.5 Å². The van der Waals surface area contributed by atoms with E-state index in [-0.39, 0.29) is 28.8 Å². The molecule has 0 aromatic heterocycles. The second-order valence-electron chi connectivity index (χ2n) is 3.33. The molecule has 0 bridgehead atoms. The molecule has 0 saturated carbocycles. The van der Waals surface area contributed by atoms with Gasteiger partial charge >= 0.3 is 11.5 Å². The van der Waals surface area contributed by atoms with E-state index in [1.165, 1.54) is 31.4 Å². The van der Waals surface area contributed by atoms with Crippen molar-refractivity contribution in [2.75, 3.05) is 13.7 Å². The number of amides is 1. The lowest BCUT2D eigenvalue weighted by Crippen LogP contribution is -2.30. The SMILES string of the molecule is COC(=O)CNC(=O)c1ccc(SC(F)(F)F)cc1. The number of methoxy groups -OCH3 is 1. The first kappa shape index (κ1) is 15.4. The molecule has 0 heterocycles. The van der Waals surface area contributed by atoms with Crippen molar-refractivity contribution in [3.63, 3.8) is 0 Å². The molecule has 0 atom stereocenters. The van der Waals surface area contributed by atoms with E-state index in [9.17, 15) is 22.8 Å². The zero-order valence-corrected chi connectivity index (χ0v) is 10.6. The van der Waals surface area contributed by atoms with E-state index in [4.69, 9.17) is 0 Å². The van der Waals surface area contributed by atoms with Crippen LogP contribution in [-0.2, 0) is 9.53 Å². The van der Waals surface area contributed by atoms with Crippen LogP contribution in [0.25, 0.3) is 0 Å². The maximum absolute atomic E-state index is 12.1. The Morgan fingerprint density at radius 2 is 1.84 bits per heavy atom. The number of ether oxygens (including phenoxy) is 1. The van der Waals surface area contributed by atoms with E-state index in [1.54, 1.807) is 0 Å². The van der Waals surface area contributed by atoms with E-state index < -0.39 is 17.4 Å². The van der Waals surface area contributed by atoms with Gasteiger partial charge in [0.2, 0.25) is 0 Å². The van der Waals surface area contributed by atoms with Crippen molar-refractivity contribution in [1.29, 1.82) is 0 Å². The van der Waals surface area contributed by atoms with Crippen LogP contribution in [0.2, 0.25) is 0 Å². The predicted octanol–water partition coefficient (Wildman–Crippen LogP) is 2.20. The number of hydrogen-bond acceptors (Lipinski definition) is 4. The Bertz CT molecular complexity index is 459. The van der Waals surface area contributed by atoms with Gasteiger partial charge in [0.1, 0.15) is 6.54 Å². The fraction of sp³-hybridized carbons (Fsp3) is 0.273. The van der Waals surface area contributed by atoms with Gasteiger partial charge in [-0.2, -0.15) is 13.2 Å². The largest absolute Gasteiger partial charge is 0.468 e. The van der Waals surface area contributed by atoms with Crippen molar-refractivity contribution >= 4 is 23.6 Å². The van der Waals surface area contributed by atoms with Gasteiger partial charge in [0.15, 0.2) is 0 Å². The van der Waals surface area contributed by atoms with Gasteiger partial charge in [-0.15, -0.1) is 0 Å².